The van der Waals surface area contributed by atoms with E-state index in [0.717, 1.165) is 25.0 Å². The average molecular weight is 170 g/mol. The smallest absolute Gasteiger partial charge is 0.120 e. The van der Waals surface area contributed by atoms with Gasteiger partial charge in [-0.25, -0.2) is 0 Å². The summed E-state index contributed by atoms with van der Waals surface area (Å²) < 4.78 is 5.47. The normalized spacial score (nSPS) is 24.0. The summed E-state index contributed by atoms with van der Waals surface area (Å²) in [6.07, 6.45) is 4.64. The van der Waals surface area contributed by atoms with Gasteiger partial charge < -0.3 is 9.84 Å². The van der Waals surface area contributed by atoms with E-state index >= 15 is 0 Å². The van der Waals surface area contributed by atoms with Crippen LogP contribution in [0.4, 0.5) is 0 Å². The molecule has 0 radical (unpaired) electrons. The van der Waals surface area contributed by atoms with E-state index in [-0.39, 0.29) is 6.10 Å². The van der Waals surface area contributed by atoms with Crippen LogP contribution in [0.15, 0.2) is 11.8 Å². The summed E-state index contributed by atoms with van der Waals surface area (Å²) in [5, 5.41) is 9.49. The maximum atomic E-state index is 9.49. The second-order valence-electron chi connectivity index (χ2n) is 3.76. The molecule has 0 aromatic rings. The van der Waals surface area contributed by atoms with Crippen LogP contribution in [0, 0.1) is 5.92 Å². The molecule has 0 heterocycles. The van der Waals surface area contributed by atoms with Gasteiger partial charge in [0.05, 0.1) is 6.61 Å². The van der Waals surface area contributed by atoms with E-state index in [4.69, 9.17) is 4.74 Å². The topological polar surface area (TPSA) is 29.5 Å². The molecule has 12 heavy (non-hydrogen) atoms. The standard InChI is InChI=1S/C10H18O2/c1-8(2)7-12-10-6-4-3-5-9(10)11/h6,8-9,11H,3-5,7H2,1-2H3. The Morgan fingerprint density at radius 2 is 2.42 bits per heavy atom. The Hall–Kier alpha value is -0.500. The first-order chi connectivity index (χ1) is 5.70. The van der Waals surface area contributed by atoms with Crippen LogP contribution in [-0.2, 0) is 4.74 Å². The maximum absolute atomic E-state index is 9.49. The molecule has 0 saturated carbocycles. The Balaban J connectivity index is 2.34. The third-order valence-corrected chi connectivity index (χ3v) is 1.94. The number of rotatable bonds is 3. The van der Waals surface area contributed by atoms with Gasteiger partial charge >= 0.3 is 0 Å². The summed E-state index contributed by atoms with van der Waals surface area (Å²) in [6, 6.07) is 0. The van der Waals surface area contributed by atoms with E-state index in [1.54, 1.807) is 0 Å². The van der Waals surface area contributed by atoms with Gasteiger partial charge in [-0.15, -0.1) is 0 Å². The van der Waals surface area contributed by atoms with Crippen molar-refractivity contribution < 1.29 is 9.84 Å². The summed E-state index contributed by atoms with van der Waals surface area (Å²) in [5.74, 6) is 1.31. The zero-order chi connectivity index (χ0) is 8.97. The number of ether oxygens (including phenoxy) is 1. The summed E-state index contributed by atoms with van der Waals surface area (Å²) in [4.78, 5) is 0. The van der Waals surface area contributed by atoms with E-state index < -0.39 is 0 Å². The van der Waals surface area contributed by atoms with Crippen molar-refractivity contribution in [2.75, 3.05) is 6.61 Å². The first-order valence-electron chi connectivity index (χ1n) is 4.71. The van der Waals surface area contributed by atoms with Crippen molar-refractivity contribution in [3.05, 3.63) is 11.8 Å². The quantitative estimate of drug-likeness (QED) is 0.702. The molecule has 70 valence electrons. The number of hydrogen-bond donors (Lipinski definition) is 1. The minimum atomic E-state index is -0.350. The van der Waals surface area contributed by atoms with Gasteiger partial charge in [0.2, 0.25) is 0 Å². The molecule has 1 rings (SSSR count). The van der Waals surface area contributed by atoms with Crippen LogP contribution < -0.4 is 0 Å². The lowest BCUT2D eigenvalue weighted by molar-refractivity contribution is 0.0770. The highest BCUT2D eigenvalue weighted by Gasteiger charge is 2.15. The third-order valence-electron chi connectivity index (χ3n) is 1.94. The Morgan fingerprint density at radius 1 is 1.67 bits per heavy atom. The predicted octanol–water partition coefficient (Wildman–Crippen LogP) is 2.09. The number of allylic oxidation sites excluding steroid dienone is 1. The molecule has 2 heteroatoms. The summed E-state index contributed by atoms with van der Waals surface area (Å²) in [5.41, 5.74) is 0. The fraction of sp³-hybridized carbons (Fsp3) is 0.800. The monoisotopic (exact) mass is 170 g/mol. The van der Waals surface area contributed by atoms with Gasteiger partial charge in [-0.05, 0) is 31.3 Å². The lowest BCUT2D eigenvalue weighted by atomic mass is 10.0. The van der Waals surface area contributed by atoms with Crippen molar-refractivity contribution in [1.29, 1.82) is 0 Å². The lowest BCUT2D eigenvalue weighted by Crippen LogP contribution is -2.17. The van der Waals surface area contributed by atoms with Crippen LogP contribution in [0.2, 0.25) is 0 Å². The Kier molecular flexibility index (Phi) is 3.60. The highest BCUT2D eigenvalue weighted by Crippen LogP contribution is 2.19. The van der Waals surface area contributed by atoms with Gasteiger partial charge in [-0.3, -0.25) is 0 Å². The van der Waals surface area contributed by atoms with Crippen LogP contribution in [0.5, 0.6) is 0 Å². The molecule has 1 atom stereocenters. The molecule has 1 N–H and O–H groups in total. The van der Waals surface area contributed by atoms with Gasteiger partial charge in [0.15, 0.2) is 0 Å². The SMILES string of the molecule is CC(C)COC1=CCCCC1O. The third kappa shape index (κ3) is 2.86. The van der Waals surface area contributed by atoms with Crippen molar-refractivity contribution in [3.8, 4) is 0 Å². The Bertz CT molecular complexity index is 161. The molecule has 0 spiro atoms. The number of aliphatic hydroxyl groups excluding tert-OH is 1. The van der Waals surface area contributed by atoms with Crippen LogP contribution in [-0.4, -0.2) is 17.8 Å². The molecular formula is C10H18O2. The van der Waals surface area contributed by atoms with Crippen LogP contribution >= 0.6 is 0 Å². The molecule has 0 amide bonds. The highest BCUT2D eigenvalue weighted by atomic mass is 16.5. The van der Waals surface area contributed by atoms with Gasteiger partial charge in [0.1, 0.15) is 11.9 Å². The van der Waals surface area contributed by atoms with Crippen molar-refractivity contribution in [1.82, 2.24) is 0 Å². The van der Waals surface area contributed by atoms with E-state index in [9.17, 15) is 5.11 Å². The van der Waals surface area contributed by atoms with Gasteiger partial charge in [-0.2, -0.15) is 0 Å². The zero-order valence-electron chi connectivity index (χ0n) is 7.92. The first kappa shape index (κ1) is 9.59. The van der Waals surface area contributed by atoms with Crippen molar-refractivity contribution >= 4 is 0 Å². The van der Waals surface area contributed by atoms with E-state index in [1.807, 2.05) is 6.08 Å². The van der Waals surface area contributed by atoms with Crippen molar-refractivity contribution in [3.63, 3.8) is 0 Å². The van der Waals surface area contributed by atoms with Gasteiger partial charge in [-0.1, -0.05) is 13.8 Å². The molecular weight excluding hydrogens is 152 g/mol. The fourth-order valence-electron chi connectivity index (χ4n) is 1.25. The summed E-state index contributed by atoms with van der Waals surface area (Å²) in [7, 11) is 0. The highest BCUT2D eigenvalue weighted by molar-refractivity contribution is 5.03. The van der Waals surface area contributed by atoms with Gasteiger partial charge in [0.25, 0.3) is 0 Å². The largest absolute Gasteiger partial charge is 0.495 e. The number of aliphatic hydroxyl groups is 1. The average Bonchev–Trinajstić information content (AvgIpc) is 2.03. The molecule has 1 aliphatic carbocycles. The lowest BCUT2D eigenvalue weighted by Gasteiger charge is -2.20. The predicted molar refractivity (Wildman–Crippen MR) is 48.7 cm³/mol. The summed E-state index contributed by atoms with van der Waals surface area (Å²) >= 11 is 0. The van der Waals surface area contributed by atoms with E-state index in [1.165, 1.54) is 0 Å². The Morgan fingerprint density at radius 3 is 3.00 bits per heavy atom. The fourth-order valence-corrected chi connectivity index (χ4v) is 1.25. The zero-order valence-corrected chi connectivity index (χ0v) is 7.92. The van der Waals surface area contributed by atoms with Gasteiger partial charge in [0, 0.05) is 0 Å². The van der Waals surface area contributed by atoms with Crippen molar-refractivity contribution in [2.24, 2.45) is 5.92 Å². The maximum Gasteiger partial charge on any atom is 0.120 e. The molecule has 2 nitrogen and oxygen atoms in total. The van der Waals surface area contributed by atoms with Crippen LogP contribution in [0.25, 0.3) is 0 Å². The molecule has 0 fully saturated rings. The number of hydrogen-bond acceptors (Lipinski definition) is 2. The first-order valence-corrected chi connectivity index (χ1v) is 4.71. The van der Waals surface area contributed by atoms with Crippen LogP contribution in [0.3, 0.4) is 0 Å². The van der Waals surface area contributed by atoms with E-state index in [2.05, 4.69) is 13.8 Å². The molecule has 0 aromatic carbocycles. The molecule has 1 unspecified atom stereocenters. The minimum absolute atomic E-state index is 0.350. The molecule has 0 aliphatic heterocycles. The Labute approximate surface area is 74.2 Å². The van der Waals surface area contributed by atoms with Crippen LogP contribution in [0.1, 0.15) is 33.1 Å². The second-order valence-corrected chi connectivity index (χ2v) is 3.76. The molecule has 0 saturated heterocycles. The van der Waals surface area contributed by atoms with Crippen molar-refractivity contribution in [2.45, 2.75) is 39.2 Å². The molecule has 1 aliphatic rings. The minimum Gasteiger partial charge on any atom is -0.495 e. The van der Waals surface area contributed by atoms with E-state index in [0.29, 0.717) is 12.5 Å². The summed E-state index contributed by atoms with van der Waals surface area (Å²) in [6.45, 7) is 4.93. The second kappa shape index (κ2) is 4.51. The molecule has 0 aromatic heterocycles. The molecule has 0 bridgehead atoms.